The van der Waals surface area contributed by atoms with E-state index in [4.69, 9.17) is 8.83 Å². The van der Waals surface area contributed by atoms with Crippen molar-refractivity contribution in [2.75, 3.05) is 9.80 Å². The van der Waals surface area contributed by atoms with Crippen molar-refractivity contribution >= 4 is 101 Å². The molecule has 2 aliphatic heterocycles. The van der Waals surface area contributed by atoms with Gasteiger partial charge in [-0.1, -0.05) is 78.9 Å². The predicted molar refractivity (Wildman–Crippen MR) is 209 cm³/mol. The van der Waals surface area contributed by atoms with Crippen molar-refractivity contribution in [1.82, 2.24) is 0 Å². The van der Waals surface area contributed by atoms with E-state index in [-0.39, 0.29) is 18.3 Å². The minimum absolute atomic E-state index is 0.331. The SMILES string of the molecule is Cc1cc2c3c(c1)N(c1c(C)cccc1F)c1c(ccc4c1oc1cc5ccccc5cc14)B3c1c(oc3ccccc13)N2c1c(C)cccc1F. The Morgan fingerprint density at radius 3 is 1.90 bits per heavy atom. The largest absolute Gasteiger partial charge is 0.454 e. The van der Waals surface area contributed by atoms with Crippen molar-refractivity contribution < 1.29 is 17.6 Å². The highest BCUT2D eigenvalue weighted by Crippen LogP contribution is 2.50. The summed E-state index contributed by atoms with van der Waals surface area (Å²) in [6.45, 7) is 5.56. The molecule has 0 radical (unpaired) electrons. The molecule has 0 aliphatic carbocycles. The number of benzene rings is 7. The van der Waals surface area contributed by atoms with Crippen molar-refractivity contribution in [3.05, 3.63) is 150 Å². The molecule has 248 valence electrons. The molecule has 7 heteroatoms. The summed E-state index contributed by atoms with van der Waals surface area (Å²) in [5, 5.41) is 5.09. The molecule has 11 rings (SSSR count). The number of nitrogens with zero attached hydrogens (tertiary/aromatic N) is 2. The molecule has 0 saturated carbocycles. The second-order valence-corrected chi connectivity index (χ2v) is 14.1. The molecule has 0 spiro atoms. The van der Waals surface area contributed by atoms with Crippen molar-refractivity contribution in [2.24, 2.45) is 0 Å². The van der Waals surface area contributed by atoms with E-state index >= 15 is 8.78 Å². The second-order valence-electron chi connectivity index (χ2n) is 14.1. The van der Waals surface area contributed by atoms with E-state index in [2.05, 4.69) is 54.6 Å². The molecular weight excluding hydrogens is 649 g/mol. The molecule has 0 saturated heterocycles. The number of halogens is 2. The molecule has 2 aromatic heterocycles. The van der Waals surface area contributed by atoms with E-state index in [0.717, 1.165) is 82.7 Å². The zero-order chi connectivity index (χ0) is 35.0. The number of fused-ring (bicyclic) bond motifs is 11. The first-order valence-electron chi connectivity index (χ1n) is 17.5. The predicted octanol–water partition coefficient (Wildman–Crippen LogP) is 10.8. The van der Waals surface area contributed by atoms with Crippen LogP contribution >= 0.6 is 0 Å². The van der Waals surface area contributed by atoms with Gasteiger partial charge in [0, 0.05) is 33.0 Å². The van der Waals surface area contributed by atoms with Crippen molar-refractivity contribution in [1.29, 1.82) is 0 Å². The highest BCUT2D eigenvalue weighted by molar-refractivity contribution is 7.01. The number of para-hydroxylation sites is 3. The minimum atomic E-state index is -0.352. The first-order chi connectivity index (χ1) is 25.4. The molecule has 7 aromatic carbocycles. The highest BCUT2D eigenvalue weighted by atomic mass is 19.1. The van der Waals surface area contributed by atoms with Gasteiger partial charge in [0.1, 0.15) is 22.8 Å². The fourth-order valence-corrected chi connectivity index (χ4v) is 8.86. The zero-order valence-corrected chi connectivity index (χ0v) is 28.6. The summed E-state index contributed by atoms with van der Waals surface area (Å²) in [5.74, 6) is -0.124. The Hall–Kier alpha value is -6.34. The molecule has 0 fully saturated rings. The van der Waals surface area contributed by atoms with E-state index in [1.807, 2.05) is 73.0 Å². The molecule has 0 amide bonds. The lowest BCUT2D eigenvalue weighted by Crippen LogP contribution is -2.61. The summed E-state index contributed by atoms with van der Waals surface area (Å²) in [6, 6.07) is 39.4. The molecule has 0 N–H and O–H groups in total. The molecular formula is C45H29BF2N2O2. The molecule has 0 unspecified atom stereocenters. The zero-order valence-electron chi connectivity index (χ0n) is 28.6. The Balaban J connectivity index is 1.33. The fraction of sp³-hybridized carbons (Fsp3) is 0.0667. The average Bonchev–Trinajstić information content (AvgIpc) is 3.70. The van der Waals surface area contributed by atoms with Crippen LogP contribution in [-0.4, -0.2) is 6.71 Å². The maximum atomic E-state index is 16.5. The Kier molecular flexibility index (Phi) is 5.86. The van der Waals surface area contributed by atoms with Gasteiger partial charge in [0.05, 0.1) is 17.1 Å². The first-order valence-corrected chi connectivity index (χ1v) is 17.5. The van der Waals surface area contributed by atoms with Crippen LogP contribution in [0.3, 0.4) is 0 Å². The number of rotatable bonds is 2. The smallest absolute Gasteiger partial charge is 0.257 e. The number of hydrogen-bond donors (Lipinski definition) is 0. The lowest BCUT2D eigenvalue weighted by Gasteiger charge is -2.43. The number of aryl methyl sites for hydroxylation is 3. The third kappa shape index (κ3) is 3.80. The summed E-state index contributed by atoms with van der Waals surface area (Å²) >= 11 is 0. The topological polar surface area (TPSA) is 32.8 Å². The summed E-state index contributed by atoms with van der Waals surface area (Å²) in [5.41, 5.74) is 10.8. The van der Waals surface area contributed by atoms with Gasteiger partial charge < -0.3 is 13.7 Å². The fourth-order valence-electron chi connectivity index (χ4n) is 8.86. The van der Waals surface area contributed by atoms with Gasteiger partial charge in [0.25, 0.3) is 6.71 Å². The van der Waals surface area contributed by atoms with Gasteiger partial charge in [-0.2, -0.15) is 0 Å². The Morgan fingerprint density at radius 2 is 1.17 bits per heavy atom. The maximum Gasteiger partial charge on any atom is 0.257 e. The van der Waals surface area contributed by atoms with Crippen LogP contribution in [0, 0.1) is 32.4 Å². The lowest BCUT2D eigenvalue weighted by atomic mass is 9.33. The Morgan fingerprint density at radius 1 is 0.519 bits per heavy atom. The molecule has 9 aromatic rings. The number of hydrogen-bond acceptors (Lipinski definition) is 4. The minimum Gasteiger partial charge on any atom is -0.454 e. The van der Waals surface area contributed by atoms with Gasteiger partial charge in [-0.15, -0.1) is 0 Å². The molecule has 0 bridgehead atoms. The molecule has 2 aliphatic rings. The van der Waals surface area contributed by atoms with E-state index in [1.165, 1.54) is 12.1 Å². The summed E-state index contributed by atoms with van der Waals surface area (Å²) in [7, 11) is 0. The summed E-state index contributed by atoms with van der Waals surface area (Å²) in [4.78, 5) is 3.98. The van der Waals surface area contributed by atoms with Crippen LogP contribution in [0.2, 0.25) is 0 Å². The molecule has 52 heavy (non-hydrogen) atoms. The Labute approximate surface area is 298 Å². The third-order valence-electron chi connectivity index (χ3n) is 11.0. The monoisotopic (exact) mass is 678 g/mol. The first kappa shape index (κ1) is 29.4. The van der Waals surface area contributed by atoms with E-state index in [0.29, 0.717) is 28.4 Å². The lowest BCUT2D eigenvalue weighted by molar-refractivity contribution is 0.605. The number of anilines is 6. The van der Waals surface area contributed by atoms with Crippen molar-refractivity contribution in [2.45, 2.75) is 20.8 Å². The van der Waals surface area contributed by atoms with Gasteiger partial charge >= 0.3 is 0 Å². The van der Waals surface area contributed by atoms with Crippen LogP contribution in [0.4, 0.5) is 43.1 Å². The van der Waals surface area contributed by atoms with Crippen LogP contribution < -0.4 is 26.2 Å². The van der Waals surface area contributed by atoms with E-state index in [1.54, 1.807) is 12.1 Å². The van der Waals surface area contributed by atoms with Gasteiger partial charge in [0.2, 0.25) is 5.88 Å². The van der Waals surface area contributed by atoms with Gasteiger partial charge in [0.15, 0.2) is 5.58 Å². The van der Waals surface area contributed by atoms with Gasteiger partial charge in [-0.3, -0.25) is 4.90 Å². The van der Waals surface area contributed by atoms with Crippen LogP contribution in [-0.2, 0) is 0 Å². The van der Waals surface area contributed by atoms with E-state index < -0.39 is 0 Å². The van der Waals surface area contributed by atoms with Gasteiger partial charge in [-0.05, 0) is 102 Å². The average molecular weight is 679 g/mol. The van der Waals surface area contributed by atoms with Crippen LogP contribution in [0.5, 0.6) is 0 Å². The Bertz CT molecular complexity index is 2980. The summed E-state index contributed by atoms with van der Waals surface area (Å²) < 4.78 is 46.4. The summed E-state index contributed by atoms with van der Waals surface area (Å²) in [6.07, 6.45) is 0. The molecule has 4 heterocycles. The molecule has 0 atom stereocenters. The normalized spacial score (nSPS) is 13.4. The maximum absolute atomic E-state index is 16.5. The van der Waals surface area contributed by atoms with Gasteiger partial charge in [-0.25, -0.2) is 8.78 Å². The second kappa shape index (κ2) is 10.4. The number of furan rings is 2. The standard InChI is InChI=1S/C45H29BF2N2O2/c1-24-20-35-40-36(21-24)50(42-26(3)11-9-16-34(42)48)45-39(30-14-6-7-17-37(30)52-45)46(40)32-19-18-29-31-22-27-12-4-5-13-28(27)23-38(31)51-44(29)43(32)49(35)41-25(2)10-8-15-33(41)47/h4-23H,1-3H3. The van der Waals surface area contributed by atoms with Crippen molar-refractivity contribution in [3.8, 4) is 0 Å². The highest BCUT2D eigenvalue weighted by Gasteiger charge is 2.48. The molecule has 4 nitrogen and oxygen atoms in total. The van der Waals surface area contributed by atoms with Crippen molar-refractivity contribution in [3.63, 3.8) is 0 Å². The van der Waals surface area contributed by atoms with E-state index in [9.17, 15) is 0 Å². The van der Waals surface area contributed by atoms with Crippen LogP contribution in [0.25, 0.3) is 43.7 Å². The quantitative estimate of drug-likeness (QED) is 0.170. The van der Waals surface area contributed by atoms with Crippen LogP contribution in [0.15, 0.2) is 130 Å². The van der Waals surface area contributed by atoms with Crippen LogP contribution in [0.1, 0.15) is 16.7 Å². The third-order valence-corrected chi connectivity index (χ3v) is 11.0.